The summed E-state index contributed by atoms with van der Waals surface area (Å²) in [6.07, 6.45) is 2.60. The topological polar surface area (TPSA) is 51.8 Å². The van der Waals surface area contributed by atoms with E-state index in [0.717, 1.165) is 17.6 Å². The molecule has 3 heteroatoms. The molecule has 0 bridgehead atoms. The number of hydrogen-bond donors (Lipinski definition) is 1. The van der Waals surface area contributed by atoms with Gasteiger partial charge < -0.3 is 5.73 Å². The largest absolute Gasteiger partial charge is 0.384 e. The molecular formula is C16H15N3. The van der Waals surface area contributed by atoms with Gasteiger partial charge in [-0.1, -0.05) is 12.1 Å². The molecule has 94 valence electrons. The first-order chi connectivity index (χ1) is 9.20. The lowest BCUT2D eigenvalue weighted by atomic mass is 10.0. The van der Waals surface area contributed by atoms with Crippen LogP contribution in [0.5, 0.6) is 0 Å². The second kappa shape index (κ2) is 4.69. The maximum Gasteiger partial charge on any atom is 0.123 e. The number of aromatic nitrogens is 2. The van der Waals surface area contributed by atoms with Crippen LogP contribution in [0.15, 0.2) is 48.7 Å². The van der Waals surface area contributed by atoms with Gasteiger partial charge in [0.2, 0.25) is 0 Å². The van der Waals surface area contributed by atoms with Crippen LogP contribution in [0.4, 0.5) is 5.82 Å². The molecule has 2 aromatic heterocycles. The number of aryl methyl sites for hydroxylation is 1. The third-order valence-corrected chi connectivity index (χ3v) is 3.15. The first kappa shape index (κ1) is 11.7. The van der Waals surface area contributed by atoms with Gasteiger partial charge >= 0.3 is 0 Å². The van der Waals surface area contributed by atoms with Crippen molar-refractivity contribution in [1.29, 1.82) is 0 Å². The minimum atomic E-state index is 0.565. The average molecular weight is 249 g/mol. The third kappa shape index (κ3) is 2.55. The van der Waals surface area contributed by atoms with Crippen LogP contribution in [0.1, 0.15) is 16.8 Å². The Morgan fingerprint density at radius 2 is 1.84 bits per heavy atom. The maximum atomic E-state index is 5.70. The van der Waals surface area contributed by atoms with Crippen LogP contribution in [-0.4, -0.2) is 9.97 Å². The van der Waals surface area contributed by atoms with Gasteiger partial charge in [0.1, 0.15) is 5.82 Å². The van der Waals surface area contributed by atoms with Crippen molar-refractivity contribution in [3.63, 3.8) is 0 Å². The van der Waals surface area contributed by atoms with E-state index in [2.05, 4.69) is 34.2 Å². The van der Waals surface area contributed by atoms with Crippen molar-refractivity contribution < 1.29 is 0 Å². The lowest BCUT2D eigenvalue weighted by Crippen LogP contribution is -1.94. The van der Waals surface area contributed by atoms with Crippen LogP contribution >= 0.6 is 0 Å². The van der Waals surface area contributed by atoms with Crippen molar-refractivity contribution >= 4 is 16.7 Å². The van der Waals surface area contributed by atoms with E-state index in [-0.39, 0.29) is 0 Å². The monoisotopic (exact) mass is 249 g/mol. The van der Waals surface area contributed by atoms with Crippen molar-refractivity contribution in [1.82, 2.24) is 9.97 Å². The summed E-state index contributed by atoms with van der Waals surface area (Å²) >= 11 is 0. The highest BCUT2D eigenvalue weighted by molar-refractivity contribution is 5.79. The fourth-order valence-corrected chi connectivity index (χ4v) is 2.23. The number of anilines is 1. The van der Waals surface area contributed by atoms with Crippen molar-refractivity contribution in [3.8, 4) is 0 Å². The predicted molar refractivity (Wildman–Crippen MR) is 77.9 cm³/mol. The second-order valence-electron chi connectivity index (χ2n) is 4.75. The first-order valence-electron chi connectivity index (χ1n) is 6.27. The number of nitrogens with zero attached hydrogens (tertiary/aromatic N) is 2. The van der Waals surface area contributed by atoms with Crippen molar-refractivity contribution in [2.24, 2.45) is 0 Å². The summed E-state index contributed by atoms with van der Waals surface area (Å²) < 4.78 is 0. The van der Waals surface area contributed by atoms with Crippen molar-refractivity contribution in [2.75, 3.05) is 5.73 Å². The van der Waals surface area contributed by atoms with Crippen molar-refractivity contribution in [2.45, 2.75) is 13.3 Å². The van der Waals surface area contributed by atoms with Gasteiger partial charge in [-0.25, -0.2) is 4.98 Å². The van der Waals surface area contributed by atoms with E-state index in [1.165, 1.54) is 16.5 Å². The van der Waals surface area contributed by atoms with Gasteiger partial charge in [0.15, 0.2) is 0 Å². The molecule has 0 saturated carbocycles. The molecule has 1 aromatic carbocycles. The van der Waals surface area contributed by atoms with Crippen LogP contribution < -0.4 is 5.73 Å². The second-order valence-corrected chi connectivity index (χ2v) is 4.75. The lowest BCUT2D eigenvalue weighted by molar-refractivity contribution is 1.17. The van der Waals surface area contributed by atoms with E-state index in [1.807, 2.05) is 25.1 Å². The highest BCUT2D eigenvalue weighted by Gasteiger charge is 2.01. The SMILES string of the molecule is Cc1ccc2cc(Cc3ccnc(N)c3)ccc2n1. The molecule has 0 saturated heterocycles. The lowest BCUT2D eigenvalue weighted by Gasteiger charge is -2.05. The fourth-order valence-electron chi connectivity index (χ4n) is 2.23. The van der Waals surface area contributed by atoms with E-state index >= 15 is 0 Å². The Morgan fingerprint density at radius 3 is 2.68 bits per heavy atom. The predicted octanol–water partition coefficient (Wildman–Crippen LogP) is 3.11. The van der Waals surface area contributed by atoms with Crippen LogP contribution in [-0.2, 0) is 6.42 Å². The van der Waals surface area contributed by atoms with Gasteiger partial charge in [-0.05, 0) is 54.8 Å². The number of hydrogen-bond acceptors (Lipinski definition) is 3. The average Bonchev–Trinajstić information content (AvgIpc) is 2.39. The Bertz CT molecular complexity index is 735. The molecule has 0 radical (unpaired) electrons. The van der Waals surface area contributed by atoms with Gasteiger partial charge in [0.05, 0.1) is 5.52 Å². The molecule has 3 aromatic rings. The molecule has 0 spiro atoms. The summed E-state index contributed by atoms with van der Waals surface area (Å²) in [5, 5.41) is 1.17. The summed E-state index contributed by atoms with van der Waals surface area (Å²) in [7, 11) is 0. The van der Waals surface area contributed by atoms with Gasteiger partial charge in [0, 0.05) is 17.3 Å². The Balaban J connectivity index is 1.95. The first-order valence-corrected chi connectivity index (χ1v) is 6.27. The highest BCUT2D eigenvalue weighted by atomic mass is 14.8. The van der Waals surface area contributed by atoms with E-state index in [1.54, 1.807) is 6.20 Å². The quantitative estimate of drug-likeness (QED) is 0.759. The molecule has 0 aliphatic heterocycles. The zero-order valence-corrected chi connectivity index (χ0v) is 10.8. The van der Waals surface area contributed by atoms with Gasteiger partial charge in [0.25, 0.3) is 0 Å². The molecule has 3 rings (SSSR count). The van der Waals surface area contributed by atoms with Gasteiger partial charge in [-0.15, -0.1) is 0 Å². The highest BCUT2D eigenvalue weighted by Crippen LogP contribution is 2.17. The molecule has 3 nitrogen and oxygen atoms in total. The molecule has 19 heavy (non-hydrogen) atoms. The minimum absolute atomic E-state index is 0.565. The van der Waals surface area contributed by atoms with Crippen LogP contribution in [0.3, 0.4) is 0 Å². The van der Waals surface area contributed by atoms with E-state index in [4.69, 9.17) is 5.73 Å². The molecule has 0 aliphatic carbocycles. The van der Waals surface area contributed by atoms with Gasteiger partial charge in [-0.3, -0.25) is 4.98 Å². The number of rotatable bonds is 2. The Labute approximate surface area is 112 Å². The van der Waals surface area contributed by atoms with E-state index < -0.39 is 0 Å². The molecular weight excluding hydrogens is 234 g/mol. The van der Waals surface area contributed by atoms with Crippen LogP contribution in [0, 0.1) is 6.92 Å². The Kier molecular flexibility index (Phi) is 2.88. The smallest absolute Gasteiger partial charge is 0.123 e. The van der Waals surface area contributed by atoms with E-state index in [9.17, 15) is 0 Å². The summed E-state index contributed by atoms with van der Waals surface area (Å²) in [4.78, 5) is 8.52. The fraction of sp³-hybridized carbons (Fsp3) is 0.125. The summed E-state index contributed by atoms with van der Waals surface area (Å²) in [6, 6.07) is 14.4. The molecule has 0 aliphatic rings. The molecule has 2 N–H and O–H groups in total. The molecule has 0 amide bonds. The number of nitrogens with two attached hydrogens (primary N) is 1. The molecule has 0 atom stereocenters. The number of pyridine rings is 2. The van der Waals surface area contributed by atoms with Gasteiger partial charge in [-0.2, -0.15) is 0 Å². The zero-order valence-electron chi connectivity index (χ0n) is 10.8. The Hall–Kier alpha value is -2.42. The number of fused-ring (bicyclic) bond motifs is 1. The normalized spacial score (nSPS) is 10.8. The van der Waals surface area contributed by atoms with E-state index in [0.29, 0.717) is 5.82 Å². The summed E-state index contributed by atoms with van der Waals surface area (Å²) in [5.74, 6) is 0.565. The number of nitrogen functional groups attached to an aromatic ring is 1. The minimum Gasteiger partial charge on any atom is -0.384 e. The molecule has 0 fully saturated rings. The third-order valence-electron chi connectivity index (χ3n) is 3.15. The molecule has 0 unspecified atom stereocenters. The zero-order chi connectivity index (χ0) is 13.2. The maximum absolute atomic E-state index is 5.70. The van der Waals surface area contributed by atoms with Crippen LogP contribution in [0.25, 0.3) is 10.9 Å². The Morgan fingerprint density at radius 1 is 1.00 bits per heavy atom. The van der Waals surface area contributed by atoms with Crippen LogP contribution in [0.2, 0.25) is 0 Å². The molecule has 2 heterocycles. The summed E-state index contributed by atoms with van der Waals surface area (Å²) in [6.45, 7) is 2.01. The standard InChI is InChI=1S/C16H15N3/c1-11-2-4-14-9-12(3-5-15(14)19-11)8-13-6-7-18-16(17)10-13/h2-7,9-10H,8H2,1H3,(H2,17,18). The van der Waals surface area contributed by atoms with Crippen molar-refractivity contribution in [3.05, 3.63) is 65.5 Å². The number of benzene rings is 1. The summed E-state index contributed by atoms with van der Waals surface area (Å²) in [5.41, 5.74) is 10.2.